The summed E-state index contributed by atoms with van der Waals surface area (Å²) in [6, 6.07) is 6.86. The minimum Gasteiger partial charge on any atom is -0.384 e. The molecular weight excluding hydrogens is 273 g/mol. The summed E-state index contributed by atoms with van der Waals surface area (Å²) in [6.45, 7) is 0.376. The van der Waals surface area contributed by atoms with Crippen LogP contribution in [0.1, 0.15) is 5.69 Å². The Morgan fingerprint density at radius 1 is 1.17 bits per heavy atom. The number of benzene rings is 1. The third kappa shape index (κ3) is 2.90. The van der Waals surface area contributed by atoms with Crippen molar-refractivity contribution in [2.45, 2.75) is 6.61 Å². The smallest absolute Gasteiger partial charge is 0.161 e. The predicted molar refractivity (Wildman–Crippen MR) is 72.6 cm³/mol. The molecule has 18 heavy (non-hydrogen) atoms. The summed E-state index contributed by atoms with van der Waals surface area (Å²) in [5.41, 5.74) is 7.20. The highest BCUT2D eigenvalue weighted by atomic mass is 35.5. The molecule has 0 aliphatic heterocycles. The monoisotopic (exact) mass is 283 g/mol. The molecule has 2 rings (SSSR count). The van der Waals surface area contributed by atoms with Crippen molar-refractivity contribution in [3.8, 4) is 11.4 Å². The third-order valence-corrected chi connectivity index (χ3v) is 3.01. The van der Waals surface area contributed by atoms with Crippen molar-refractivity contribution in [2.24, 2.45) is 0 Å². The lowest BCUT2D eigenvalue weighted by molar-refractivity contribution is 0.181. The Bertz CT molecular complexity index is 575. The van der Waals surface area contributed by atoms with E-state index in [1.54, 1.807) is 31.4 Å². The number of methoxy groups -OCH3 is 1. The number of nitrogens with zero attached hydrogens (tertiary/aromatic N) is 2. The van der Waals surface area contributed by atoms with E-state index in [4.69, 9.17) is 33.7 Å². The number of nitrogens with two attached hydrogens (primary N) is 1. The number of rotatable bonds is 3. The molecule has 0 spiro atoms. The maximum Gasteiger partial charge on any atom is 0.161 e. The molecule has 0 atom stereocenters. The van der Waals surface area contributed by atoms with Crippen LogP contribution in [0.4, 0.5) is 5.82 Å². The van der Waals surface area contributed by atoms with Gasteiger partial charge >= 0.3 is 0 Å². The SMILES string of the molecule is COCc1cc(N)nc(-c2ccc(Cl)c(Cl)c2)n1. The van der Waals surface area contributed by atoms with Crippen LogP contribution in [0.15, 0.2) is 24.3 Å². The van der Waals surface area contributed by atoms with E-state index < -0.39 is 0 Å². The van der Waals surface area contributed by atoms with Crippen LogP contribution in [0.5, 0.6) is 0 Å². The Hall–Kier alpha value is -1.36. The Kier molecular flexibility index (Phi) is 4.01. The van der Waals surface area contributed by atoms with Gasteiger partial charge in [0, 0.05) is 18.7 Å². The fourth-order valence-corrected chi connectivity index (χ4v) is 1.80. The van der Waals surface area contributed by atoms with Gasteiger partial charge in [-0.05, 0) is 18.2 Å². The molecule has 2 aromatic rings. The number of nitrogen functional groups attached to an aromatic ring is 1. The van der Waals surface area contributed by atoms with Crippen molar-refractivity contribution in [3.05, 3.63) is 40.0 Å². The molecule has 0 aliphatic carbocycles. The topological polar surface area (TPSA) is 61.0 Å². The molecule has 6 heteroatoms. The van der Waals surface area contributed by atoms with E-state index in [9.17, 15) is 0 Å². The third-order valence-electron chi connectivity index (χ3n) is 2.27. The van der Waals surface area contributed by atoms with Gasteiger partial charge in [-0.15, -0.1) is 0 Å². The lowest BCUT2D eigenvalue weighted by Crippen LogP contribution is -2.01. The van der Waals surface area contributed by atoms with Crippen LogP contribution in [0.3, 0.4) is 0 Å². The van der Waals surface area contributed by atoms with Gasteiger partial charge in [-0.25, -0.2) is 9.97 Å². The fourth-order valence-electron chi connectivity index (χ4n) is 1.50. The van der Waals surface area contributed by atoms with Crippen LogP contribution in [0.2, 0.25) is 10.0 Å². The second kappa shape index (κ2) is 5.52. The summed E-state index contributed by atoms with van der Waals surface area (Å²) in [6.07, 6.45) is 0. The first-order valence-corrected chi connectivity index (χ1v) is 5.93. The van der Waals surface area contributed by atoms with Gasteiger partial charge < -0.3 is 10.5 Å². The summed E-state index contributed by atoms with van der Waals surface area (Å²) in [5.74, 6) is 0.888. The van der Waals surface area contributed by atoms with Crippen LogP contribution in [-0.2, 0) is 11.3 Å². The molecule has 0 amide bonds. The van der Waals surface area contributed by atoms with Gasteiger partial charge in [0.1, 0.15) is 5.82 Å². The fraction of sp³-hybridized carbons (Fsp3) is 0.167. The van der Waals surface area contributed by atoms with Gasteiger partial charge in [0.2, 0.25) is 0 Å². The molecule has 1 heterocycles. The maximum atomic E-state index is 5.96. The number of aromatic nitrogens is 2. The molecule has 0 radical (unpaired) electrons. The molecule has 1 aromatic heterocycles. The summed E-state index contributed by atoms with van der Waals surface area (Å²) < 4.78 is 5.02. The van der Waals surface area contributed by atoms with Gasteiger partial charge in [0.05, 0.1) is 22.3 Å². The van der Waals surface area contributed by atoms with Crippen molar-refractivity contribution >= 4 is 29.0 Å². The van der Waals surface area contributed by atoms with Gasteiger partial charge in [-0.2, -0.15) is 0 Å². The number of ether oxygens (including phenoxy) is 1. The molecule has 0 aliphatic rings. The maximum absolute atomic E-state index is 5.96. The highest BCUT2D eigenvalue weighted by Crippen LogP contribution is 2.27. The number of hydrogen-bond acceptors (Lipinski definition) is 4. The molecule has 94 valence electrons. The van der Waals surface area contributed by atoms with Crippen molar-refractivity contribution in [1.82, 2.24) is 9.97 Å². The van der Waals surface area contributed by atoms with Crippen LogP contribution in [-0.4, -0.2) is 17.1 Å². The molecule has 0 saturated carbocycles. The molecule has 2 N–H and O–H groups in total. The molecular formula is C12H11Cl2N3O. The first-order chi connectivity index (χ1) is 8.60. The molecule has 0 bridgehead atoms. The minimum atomic E-state index is 0.376. The van der Waals surface area contributed by atoms with Gasteiger partial charge in [0.25, 0.3) is 0 Å². The van der Waals surface area contributed by atoms with Crippen LogP contribution >= 0.6 is 23.2 Å². The molecule has 0 unspecified atom stereocenters. The average molecular weight is 284 g/mol. The molecule has 4 nitrogen and oxygen atoms in total. The minimum absolute atomic E-state index is 0.376. The summed E-state index contributed by atoms with van der Waals surface area (Å²) >= 11 is 11.8. The van der Waals surface area contributed by atoms with Crippen molar-refractivity contribution < 1.29 is 4.74 Å². The van der Waals surface area contributed by atoms with Crippen molar-refractivity contribution in [3.63, 3.8) is 0 Å². The Morgan fingerprint density at radius 2 is 1.94 bits per heavy atom. The van der Waals surface area contributed by atoms with E-state index in [2.05, 4.69) is 9.97 Å². The molecule has 0 saturated heterocycles. The van der Waals surface area contributed by atoms with Crippen LogP contribution in [0, 0.1) is 0 Å². The van der Waals surface area contributed by atoms with E-state index >= 15 is 0 Å². The number of halogens is 2. The van der Waals surface area contributed by atoms with E-state index in [0.29, 0.717) is 34.0 Å². The Balaban J connectivity index is 2.46. The highest BCUT2D eigenvalue weighted by molar-refractivity contribution is 6.42. The van der Waals surface area contributed by atoms with Gasteiger partial charge in [-0.1, -0.05) is 23.2 Å². The lowest BCUT2D eigenvalue weighted by atomic mass is 10.2. The lowest BCUT2D eigenvalue weighted by Gasteiger charge is -2.06. The summed E-state index contributed by atoms with van der Waals surface area (Å²) in [7, 11) is 1.59. The number of hydrogen-bond donors (Lipinski definition) is 1. The highest BCUT2D eigenvalue weighted by Gasteiger charge is 2.07. The standard InChI is InChI=1S/C12H11Cl2N3O/c1-18-6-8-5-11(15)17-12(16-8)7-2-3-9(13)10(14)4-7/h2-5H,6H2,1H3,(H2,15,16,17). The zero-order valence-electron chi connectivity index (χ0n) is 9.65. The van der Waals surface area contributed by atoms with E-state index in [1.165, 1.54) is 0 Å². The predicted octanol–water partition coefficient (Wildman–Crippen LogP) is 3.18. The normalized spacial score (nSPS) is 10.6. The quantitative estimate of drug-likeness (QED) is 0.940. The molecule has 1 aromatic carbocycles. The van der Waals surface area contributed by atoms with Crippen molar-refractivity contribution in [2.75, 3.05) is 12.8 Å². The van der Waals surface area contributed by atoms with Gasteiger partial charge in [0.15, 0.2) is 5.82 Å². The van der Waals surface area contributed by atoms with Crippen molar-refractivity contribution in [1.29, 1.82) is 0 Å². The zero-order valence-corrected chi connectivity index (χ0v) is 11.2. The van der Waals surface area contributed by atoms with Gasteiger partial charge in [-0.3, -0.25) is 0 Å². The molecule has 0 fully saturated rings. The first-order valence-electron chi connectivity index (χ1n) is 5.18. The number of anilines is 1. The van der Waals surface area contributed by atoms with Crippen LogP contribution in [0.25, 0.3) is 11.4 Å². The Morgan fingerprint density at radius 3 is 2.61 bits per heavy atom. The second-order valence-corrected chi connectivity index (χ2v) is 4.48. The summed E-state index contributed by atoms with van der Waals surface area (Å²) in [4.78, 5) is 8.51. The largest absolute Gasteiger partial charge is 0.384 e. The average Bonchev–Trinajstić information content (AvgIpc) is 2.32. The zero-order chi connectivity index (χ0) is 13.1. The van der Waals surface area contributed by atoms with E-state index in [0.717, 1.165) is 5.56 Å². The first kappa shape index (κ1) is 13.1. The Labute approximate surface area is 115 Å². The van der Waals surface area contributed by atoms with E-state index in [1.807, 2.05) is 0 Å². The van der Waals surface area contributed by atoms with Crippen LogP contribution < -0.4 is 5.73 Å². The second-order valence-electron chi connectivity index (χ2n) is 3.67. The van der Waals surface area contributed by atoms with E-state index in [-0.39, 0.29) is 0 Å². The summed E-state index contributed by atoms with van der Waals surface area (Å²) in [5, 5.41) is 0.940.